The molecule has 0 bridgehead atoms. The van der Waals surface area contributed by atoms with Crippen molar-refractivity contribution in [2.45, 2.75) is 26.0 Å². The zero-order chi connectivity index (χ0) is 16.7. The predicted molar refractivity (Wildman–Crippen MR) is 85.7 cm³/mol. The van der Waals surface area contributed by atoms with E-state index in [9.17, 15) is 9.18 Å². The molecule has 6 heteroatoms. The van der Waals surface area contributed by atoms with Gasteiger partial charge in [0, 0.05) is 6.20 Å². The third kappa shape index (κ3) is 5.25. The van der Waals surface area contributed by atoms with E-state index in [4.69, 9.17) is 4.74 Å². The molecule has 23 heavy (non-hydrogen) atoms. The summed E-state index contributed by atoms with van der Waals surface area (Å²) in [6.45, 7) is 3.87. The number of nitrogens with one attached hydrogen (secondary N) is 2. The number of carbonyl (C=O) groups excluding carboxylic acids is 1. The number of nitrogens with zero attached hydrogens (tertiary/aromatic N) is 1. The van der Waals surface area contributed by atoms with Gasteiger partial charge in [-0.2, -0.15) is 0 Å². The number of aromatic nitrogens is 1. The standard InChI is InChI=1S/C17H20FN3O2/c1-12(23-16-9-4-3-7-14(16)18)11-20-17(22)21-13(2)15-8-5-6-10-19-15/h3-10,12-13H,11H2,1-2H3,(H2,20,21,22). The summed E-state index contributed by atoms with van der Waals surface area (Å²) in [6, 6.07) is 11.2. The molecular formula is C17H20FN3O2. The minimum absolute atomic E-state index is 0.170. The number of hydrogen-bond acceptors (Lipinski definition) is 3. The van der Waals surface area contributed by atoms with Crippen LogP contribution in [-0.2, 0) is 0 Å². The Morgan fingerprint density at radius 3 is 2.65 bits per heavy atom. The smallest absolute Gasteiger partial charge is 0.315 e. The Hall–Kier alpha value is -2.63. The van der Waals surface area contributed by atoms with Crippen LogP contribution in [0.1, 0.15) is 25.6 Å². The van der Waals surface area contributed by atoms with Gasteiger partial charge in [-0.3, -0.25) is 4.98 Å². The summed E-state index contributed by atoms with van der Waals surface area (Å²) in [6.07, 6.45) is 1.32. The van der Waals surface area contributed by atoms with Gasteiger partial charge in [0.1, 0.15) is 6.10 Å². The Balaban J connectivity index is 1.77. The van der Waals surface area contributed by atoms with E-state index in [1.54, 1.807) is 31.3 Å². The molecule has 2 rings (SSSR count). The summed E-state index contributed by atoms with van der Waals surface area (Å²) in [7, 11) is 0. The van der Waals surface area contributed by atoms with Crippen molar-refractivity contribution in [3.8, 4) is 5.75 Å². The maximum Gasteiger partial charge on any atom is 0.315 e. The highest BCUT2D eigenvalue weighted by molar-refractivity contribution is 5.74. The normalized spacial score (nSPS) is 13.0. The van der Waals surface area contributed by atoms with Gasteiger partial charge in [-0.15, -0.1) is 0 Å². The van der Waals surface area contributed by atoms with Gasteiger partial charge in [0.05, 0.1) is 18.3 Å². The minimum atomic E-state index is -0.424. The molecule has 0 aliphatic rings. The first kappa shape index (κ1) is 16.7. The van der Waals surface area contributed by atoms with Gasteiger partial charge in [-0.05, 0) is 38.1 Å². The molecular weight excluding hydrogens is 297 g/mol. The molecule has 2 unspecified atom stereocenters. The SMILES string of the molecule is CC(CNC(=O)NC(C)c1ccccn1)Oc1ccccc1F. The first-order chi connectivity index (χ1) is 11.1. The second kappa shape index (κ2) is 8.12. The summed E-state index contributed by atoms with van der Waals surface area (Å²) < 4.78 is 18.9. The van der Waals surface area contributed by atoms with Crippen molar-refractivity contribution in [1.29, 1.82) is 0 Å². The fraction of sp³-hybridized carbons (Fsp3) is 0.294. The molecule has 0 fully saturated rings. The highest BCUT2D eigenvalue weighted by Gasteiger charge is 2.12. The molecule has 1 aromatic carbocycles. The number of para-hydroxylation sites is 1. The van der Waals surface area contributed by atoms with E-state index >= 15 is 0 Å². The summed E-state index contributed by atoms with van der Waals surface area (Å²) >= 11 is 0. The Morgan fingerprint density at radius 1 is 1.22 bits per heavy atom. The Morgan fingerprint density at radius 2 is 1.96 bits per heavy atom. The Labute approximate surface area is 134 Å². The molecule has 2 aromatic rings. The average Bonchev–Trinajstić information content (AvgIpc) is 2.56. The van der Waals surface area contributed by atoms with Gasteiger partial charge in [0.25, 0.3) is 0 Å². The lowest BCUT2D eigenvalue weighted by atomic mass is 10.2. The number of amides is 2. The number of urea groups is 1. The van der Waals surface area contributed by atoms with Gasteiger partial charge < -0.3 is 15.4 Å². The lowest BCUT2D eigenvalue weighted by Gasteiger charge is -2.18. The highest BCUT2D eigenvalue weighted by Crippen LogP contribution is 2.16. The Bertz CT molecular complexity index is 637. The second-order valence-corrected chi connectivity index (χ2v) is 5.19. The van der Waals surface area contributed by atoms with Crippen LogP contribution in [-0.4, -0.2) is 23.7 Å². The molecule has 2 atom stereocenters. The zero-order valence-corrected chi connectivity index (χ0v) is 13.1. The molecule has 5 nitrogen and oxygen atoms in total. The van der Waals surface area contributed by atoms with Gasteiger partial charge in [0.2, 0.25) is 0 Å². The van der Waals surface area contributed by atoms with Crippen LogP contribution in [0.5, 0.6) is 5.75 Å². The quantitative estimate of drug-likeness (QED) is 0.861. The van der Waals surface area contributed by atoms with E-state index in [1.165, 1.54) is 6.07 Å². The predicted octanol–water partition coefficient (Wildman–Crippen LogP) is 3.05. The molecule has 2 N–H and O–H groups in total. The van der Waals surface area contributed by atoms with Crippen molar-refractivity contribution in [3.63, 3.8) is 0 Å². The molecule has 0 spiro atoms. The second-order valence-electron chi connectivity index (χ2n) is 5.19. The van der Waals surface area contributed by atoms with E-state index in [0.29, 0.717) is 0 Å². The van der Waals surface area contributed by atoms with Crippen LogP contribution in [0, 0.1) is 5.82 Å². The number of hydrogen-bond donors (Lipinski definition) is 2. The van der Waals surface area contributed by atoms with Crippen LogP contribution in [0.2, 0.25) is 0 Å². The van der Waals surface area contributed by atoms with Gasteiger partial charge >= 0.3 is 6.03 Å². The highest BCUT2D eigenvalue weighted by atomic mass is 19.1. The van der Waals surface area contributed by atoms with Crippen molar-refractivity contribution < 1.29 is 13.9 Å². The minimum Gasteiger partial charge on any atom is -0.486 e. The van der Waals surface area contributed by atoms with Crippen molar-refractivity contribution in [2.24, 2.45) is 0 Å². The van der Waals surface area contributed by atoms with Crippen LogP contribution in [0.25, 0.3) is 0 Å². The summed E-state index contributed by atoms with van der Waals surface area (Å²) in [4.78, 5) is 16.1. The average molecular weight is 317 g/mol. The van der Waals surface area contributed by atoms with Crippen LogP contribution in [0.15, 0.2) is 48.7 Å². The van der Waals surface area contributed by atoms with Gasteiger partial charge in [-0.1, -0.05) is 18.2 Å². The summed E-state index contributed by atoms with van der Waals surface area (Å²) in [5, 5.41) is 5.48. The molecule has 1 aromatic heterocycles. The van der Waals surface area contributed by atoms with Crippen molar-refractivity contribution >= 4 is 6.03 Å². The maximum atomic E-state index is 13.5. The fourth-order valence-corrected chi connectivity index (χ4v) is 1.99. The molecule has 122 valence electrons. The molecule has 1 heterocycles. The number of benzene rings is 1. The van der Waals surface area contributed by atoms with Crippen molar-refractivity contribution in [2.75, 3.05) is 6.54 Å². The lowest BCUT2D eigenvalue weighted by molar-refractivity contribution is 0.200. The van der Waals surface area contributed by atoms with Crippen molar-refractivity contribution in [1.82, 2.24) is 15.6 Å². The number of rotatable bonds is 6. The number of pyridine rings is 1. The third-order valence-corrected chi connectivity index (χ3v) is 3.19. The largest absolute Gasteiger partial charge is 0.486 e. The molecule has 0 radical (unpaired) electrons. The first-order valence-corrected chi connectivity index (χ1v) is 7.42. The maximum absolute atomic E-state index is 13.5. The van der Waals surface area contributed by atoms with Crippen LogP contribution < -0.4 is 15.4 Å². The Kier molecular flexibility index (Phi) is 5.91. The number of ether oxygens (including phenoxy) is 1. The van der Waals surface area contributed by atoms with E-state index in [0.717, 1.165) is 5.69 Å². The molecule has 0 saturated carbocycles. The summed E-state index contributed by atoms with van der Waals surface area (Å²) in [5.41, 5.74) is 0.776. The summed E-state index contributed by atoms with van der Waals surface area (Å²) in [5.74, 6) is -0.253. The molecule has 2 amide bonds. The monoisotopic (exact) mass is 317 g/mol. The molecule has 0 aliphatic carbocycles. The van der Waals surface area contributed by atoms with Gasteiger partial charge in [0.15, 0.2) is 11.6 Å². The van der Waals surface area contributed by atoms with E-state index in [1.807, 2.05) is 25.1 Å². The number of halogens is 1. The molecule has 0 aliphatic heterocycles. The van der Waals surface area contributed by atoms with Gasteiger partial charge in [-0.25, -0.2) is 9.18 Å². The lowest BCUT2D eigenvalue weighted by Crippen LogP contribution is -2.41. The fourth-order valence-electron chi connectivity index (χ4n) is 1.99. The van der Waals surface area contributed by atoms with Crippen molar-refractivity contribution in [3.05, 3.63) is 60.2 Å². The van der Waals surface area contributed by atoms with E-state index in [2.05, 4.69) is 15.6 Å². The van der Waals surface area contributed by atoms with Crippen LogP contribution in [0.3, 0.4) is 0 Å². The third-order valence-electron chi connectivity index (χ3n) is 3.19. The topological polar surface area (TPSA) is 63.2 Å². The van der Waals surface area contributed by atoms with E-state index in [-0.39, 0.29) is 30.5 Å². The zero-order valence-electron chi connectivity index (χ0n) is 13.1. The van der Waals surface area contributed by atoms with Crippen LogP contribution >= 0.6 is 0 Å². The first-order valence-electron chi connectivity index (χ1n) is 7.42. The number of carbonyl (C=O) groups is 1. The van der Waals surface area contributed by atoms with E-state index < -0.39 is 5.82 Å². The molecule has 0 saturated heterocycles. The van der Waals surface area contributed by atoms with Crippen LogP contribution in [0.4, 0.5) is 9.18 Å².